The maximum absolute atomic E-state index is 4.95. The monoisotopic (exact) mass is 449 g/mol. The predicted molar refractivity (Wildman–Crippen MR) is 140 cm³/mol. The highest BCUT2D eigenvalue weighted by Gasteiger charge is 2.10. The van der Waals surface area contributed by atoms with Crippen LogP contribution in [0.3, 0.4) is 0 Å². The molecule has 0 fully saturated rings. The molecule has 1 heterocycles. The van der Waals surface area contributed by atoms with Crippen LogP contribution in [-0.4, -0.2) is 35.1 Å². The fourth-order valence-electron chi connectivity index (χ4n) is 4.41. The number of halogens is 1. The largest absolute Gasteiger partial charge is 0.328 e. The summed E-state index contributed by atoms with van der Waals surface area (Å²) in [6, 6.07) is 8.63. The molecular weight excluding hydrogens is 402 g/mol. The van der Waals surface area contributed by atoms with Crippen LogP contribution in [0.25, 0.3) is 11.0 Å². The molecule has 0 aliphatic carbocycles. The van der Waals surface area contributed by atoms with Gasteiger partial charge in [0.2, 0.25) is 0 Å². The molecule has 2 rings (SSSR count). The van der Waals surface area contributed by atoms with Crippen LogP contribution < -0.4 is 0 Å². The van der Waals surface area contributed by atoms with Gasteiger partial charge in [-0.2, -0.15) is 0 Å². The standard InChI is InChI=1S/C27H47N3.ClH/c1-4-5-6-7-8-9-10-11-12-13-14-15-16-22-27-28-25-20-17-18-21-26(25)30(27)24-19-23-29(2)3;/h17-18,20-21H,4-16,19,22-24H2,1-3H3;1H. The number of nitrogens with zero attached hydrogens (tertiary/aromatic N) is 3. The van der Waals surface area contributed by atoms with Crippen molar-refractivity contribution in [2.45, 2.75) is 110 Å². The summed E-state index contributed by atoms with van der Waals surface area (Å²) in [4.78, 5) is 7.22. The summed E-state index contributed by atoms with van der Waals surface area (Å²) in [6.45, 7) is 4.50. The molecule has 0 unspecified atom stereocenters. The van der Waals surface area contributed by atoms with E-state index in [2.05, 4.69) is 54.8 Å². The third-order valence-corrected chi connectivity index (χ3v) is 6.22. The Hall–Kier alpha value is -1.06. The zero-order valence-electron chi connectivity index (χ0n) is 20.6. The van der Waals surface area contributed by atoms with Gasteiger partial charge in [0.15, 0.2) is 0 Å². The van der Waals surface area contributed by atoms with Crippen LogP contribution in [0.4, 0.5) is 0 Å². The maximum Gasteiger partial charge on any atom is 0.109 e. The van der Waals surface area contributed by atoms with Gasteiger partial charge < -0.3 is 9.47 Å². The first-order chi connectivity index (χ1) is 14.7. The molecule has 0 aliphatic heterocycles. The average molecular weight is 450 g/mol. The molecule has 0 atom stereocenters. The van der Waals surface area contributed by atoms with E-state index in [4.69, 9.17) is 4.98 Å². The summed E-state index contributed by atoms with van der Waals surface area (Å²) in [5.74, 6) is 1.29. The minimum Gasteiger partial charge on any atom is -0.328 e. The molecule has 0 aliphatic rings. The number of hydrogen-bond acceptors (Lipinski definition) is 2. The first kappa shape index (κ1) is 28.0. The molecule has 178 valence electrons. The number of imidazole rings is 1. The summed E-state index contributed by atoms with van der Waals surface area (Å²) >= 11 is 0. The van der Waals surface area contributed by atoms with E-state index in [1.807, 2.05) is 0 Å². The predicted octanol–water partition coefficient (Wildman–Crippen LogP) is 8.04. The molecule has 0 amide bonds. The molecule has 2 aromatic rings. The number of rotatable bonds is 18. The van der Waals surface area contributed by atoms with Crippen LogP contribution in [0, 0.1) is 0 Å². The van der Waals surface area contributed by atoms with Gasteiger partial charge in [-0.15, -0.1) is 12.4 Å². The number of unbranched alkanes of at least 4 members (excludes halogenated alkanes) is 12. The Kier molecular flexibility index (Phi) is 15.8. The molecule has 0 N–H and O–H groups in total. The van der Waals surface area contributed by atoms with Gasteiger partial charge >= 0.3 is 0 Å². The first-order valence-corrected chi connectivity index (χ1v) is 12.8. The molecule has 3 nitrogen and oxygen atoms in total. The highest BCUT2D eigenvalue weighted by molar-refractivity contribution is 5.85. The van der Waals surface area contributed by atoms with Crippen molar-refractivity contribution >= 4 is 23.4 Å². The van der Waals surface area contributed by atoms with Gasteiger partial charge in [0.1, 0.15) is 5.82 Å². The molecule has 0 spiro atoms. The van der Waals surface area contributed by atoms with Crippen LogP contribution in [0.1, 0.15) is 103 Å². The van der Waals surface area contributed by atoms with Crippen molar-refractivity contribution in [1.29, 1.82) is 0 Å². The van der Waals surface area contributed by atoms with E-state index >= 15 is 0 Å². The van der Waals surface area contributed by atoms with Crippen molar-refractivity contribution in [3.8, 4) is 0 Å². The fraction of sp³-hybridized carbons (Fsp3) is 0.741. The van der Waals surface area contributed by atoms with Crippen LogP contribution in [-0.2, 0) is 13.0 Å². The minimum atomic E-state index is 0. The van der Waals surface area contributed by atoms with E-state index in [9.17, 15) is 0 Å². The molecule has 0 saturated heterocycles. The quantitative estimate of drug-likeness (QED) is 0.214. The van der Waals surface area contributed by atoms with E-state index in [-0.39, 0.29) is 12.4 Å². The molecule has 0 bridgehead atoms. The zero-order chi connectivity index (χ0) is 21.4. The summed E-state index contributed by atoms with van der Waals surface area (Å²) in [5, 5.41) is 0. The van der Waals surface area contributed by atoms with Gasteiger partial charge in [-0.3, -0.25) is 0 Å². The third kappa shape index (κ3) is 11.4. The van der Waals surface area contributed by atoms with Gasteiger partial charge in [-0.1, -0.05) is 96.1 Å². The highest BCUT2D eigenvalue weighted by atomic mass is 35.5. The van der Waals surface area contributed by atoms with Gasteiger partial charge in [0.05, 0.1) is 11.0 Å². The number of hydrogen-bond donors (Lipinski definition) is 0. The molecule has 1 aromatic heterocycles. The van der Waals surface area contributed by atoms with Gasteiger partial charge in [0.25, 0.3) is 0 Å². The van der Waals surface area contributed by atoms with E-state index in [1.54, 1.807) is 0 Å². The number of aromatic nitrogens is 2. The topological polar surface area (TPSA) is 21.1 Å². The molecule has 0 radical (unpaired) electrons. The van der Waals surface area contributed by atoms with Gasteiger partial charge in [0, 0.05) is 13.0 Å². The van der Waals surface area contributed by atoms with Crippen molar-refractivity contribution in [2.24, 2.45) is 0 Å². The molecule has 1 aromatic carbocycles. The molecular formula is C27H48ClN3. The Morgan fingerprint density at radius 2 is 1.29 bits per heavy atom. The normalized spacial score (nSPS) is 11.4. The molecule has 0 saturated carbocycles. The van der Waals surface area contributed by atoms with Crippen LogP contribution >= 0.6 is 12.4 Å². The molecule has 4 heteroatoms. The number of benzene rings is 1. The van der Waals surface area contributed by atoms with Crippen molar-refractivity contribution < 1.29 is 0 Å². The SMILES string of the molecule is CCCCCCCCCCCCCCCc1nc2ccccc2n1CCCN(C)C.Cl. The second-order valence-corrected chi connectivity index (χ2v) is 9.32. The Bertz CT molecular complexity index is 680. The summed E-state index contributed by atoms with van der Waals surface area (Å²) < 4.78 is 2.47. The highest BCUT2D eigenvalue weighted by Crippen LogP contribution is 2.19. The smallest absolute Gasteiger partial charge is 0.109 e. The first-order valence-electron chi connectivity index (χ1n) is 12.8. The third-order valence-electron chi connectivity index (χ3n) is 6.22. The second-order valence-electron chi connectivity index (χ2n) is 9.32. The van der Waals surface area contributed by atoms with E-state index in [0.29, 0.717) is 0 Å². The van der Waals surface area contributed by atoms with Crippen LogP contribution in [0.15, 0.2) is 24.3 Å². The molecule has 31 heavy (non-hydrogen) atoms. The lowest BCUT2D eigenvalue weighted by molar-refractivity contribution is 0.386. The minimum absolute atomic E-state index is 0. The number of fused-ring (bicyclic) bond motifs is 1. The number of para-hydroxylation sites is 2. The van der Waals surface area contributed by atoms with Crippen molar-refractivity contribution in [1.82, 2.24) is 14.5 Å². The van der Waals surface area contributed by atoms with E-state index < -0.39 is 0 Å². The number of aryl methyl sites for hydroxylation is 2. The Morgan fingerprint density at radius 1 is 0.742 bits per heavy atom. The van der Waals surface area contributed by atoms with Gasteiger partial charge in [-0.25, -0.2) is 4.98 Å². The lowest BCUT2D eigenvalue weighted by atomic mass is 10.0. The summed E-state index contributed by atoms with van der Waals surface area (Å²) in [5.41, 5.74) is 2.47. The Labute approximate surface area is 198 Å². The summed E-state index contributed by atoms with van der Waals surface area (Å²) in [7, 11) is 4.31. The second kappa shape index (κ2) is 17.5. The van der Waals surface area contributed by atoms with Crippen LogP contribution in [0.5, 0.6) is 0 Å². The fourth-order valence-corrected chi connectivity index (χ4v) is 4.41. The Balaban J connectivity index is 0.00000480. The van der Waals surface area contributed by atoms with Crippen molar-refractivity contribution in [3.63, 3.8) is 0 Å². The van der Waals surface area contributed by atoms with E-state index in [1.165, 1.54) is 101 Å². The lowest BCUT2D eigenvalue weighted by Crippen LogP contribution is -2.16. The van der Waals surface area contributed by atoms with Crippen molar-refractivity contribution in [2.75, 3.05) is 20.6 Å². The maximum atomic E-state index is 4.95. The van der Waals surface area contributed by atoms with Crippen LogP contribution in [0.2, 0.25) is 0 Å². The van der Waals surface area contributed by atoms with Crippen molar-refractivity contribution in [3.05, 3.63) is 30.1 Å². The lowest BCUT2D eigenvalue weighted by Gasteiger charge is -2.12. The average Bonchev–Trinajstić information content (AvgIpc) is 3.09. The zero-order valence-corrected chi connectivity index (χ0v) is 21.4. The Morgan fingerprint density at radius 3 is 1.87 bits per heavy atom. The van der Waals surface area contributed by atoms with E-state index in [0.717, 1.165) is 25.0 Å². The summed E-state index contributed by atoms with van der Waals surface area (Å²) in [6.07, 6.45) is 20.6. The van der Waals surface area contributed by atoms with Gasteiger partial charge in [-0.05, 0) is 45.6 Å².